The lowest BCUT2D eigenvalue weighted by molar-refractivity contribution is -0.130. The number of anilines is 1. The van der Waals surface area contributed by atoms with Crippen LogP contribution in [0, 0.1) is 12.3 Å². The predicted molar refractivity (Wildman–Crippen MR) is 103 cm³/mol. The second-order valence-electron chi connectivity index (χ2n) is 6.96. The van der Waals surface area contributed by atoms with Gasteiger partial charge in [0.15, 0.2) is 0 Å². The first-order chi connectivity index (χ1) is 12.1. The number of benzene rings is 1. The van der Waals surface area contributed by atoms with Crippen molar-refractivity contribution in [2.75, 3.05) is 38.3 Å². The van der Waals surface area contributed by atoms with Gasteiger partial charge < -0.3 is 25.3 Å². The minimum absolute atomic E-state index is 0. The maximum atomic E-state index is 12.7. The number of ether oxygens (including phenoxy) is 3. The van der Waals surface area contributed by atoms with Gasteiger partial charge in [0.2, 0.25) is 5.91 Å². The first-order valence-electron chi connectivity index (χ1n) is 9.07. The van der Waals surface area contributed by atoms with Gasteiger partial charge in [0.25, 0.3) is 0 Å². The Labute approximate surface area is 161 Å². The molecule has 0 bridgehead atoms. The molecule has 6 nitrogen and oxygen atoms in total. The Bertz CT molecular complexity index is 599. The van der Waals surface area contributed by atoms with Gasteiger partial charge in [-0.25, -0.2) is 0 Å². The van der Waals surface area contributed by atoms with Crippen molar-refractivity contribution in [1.82, 2.24) is 0 Å². The first-order valence-corrected chi connectivity index (χ1v) is 9.07. The molecule has 2 saturated heterocycles. The van der Waals surface area contributed by atoms with Gasteiger partial charge >= 0.3 is 0 Å². The monoisotopic (exact) mass is 384 g/mol. The predicted octanol–water partition coefficient (Wildman–Crippen LogP) is 2.67. The second-order valence-corrected chi connectivity index (χ2v) is 6.96. The molecule has 0 spiro atoms. The van der Waals surface area contributed by atoms with Crippen LogP contribution >= 0.6 is 12.4 Å². The van der Waals surface area contributed by atoms with Crippen molar-refractivity contribution in [2.24, 2.45) is 11.1 Å². The summed E-state index contributed by atoms with van der Waals surface area (Å²) in [5, 5.41) is 3.03. The third kappa shape index (κ3) is 4.88. The van der Waals surface area contributed by atoms with Crippen LogP contribution in [0.25, 0.3) is 0 Å². The summed E-state index contributed by atoms with van der Waals surface area (Å²) in [7, 11) is 0. The van der Waals surface area contributed by atoms with Gasteiger partial charge in [0.1, 0.15) is 11.9 Å². The van der Waals surface area contributed by atoms with E-state index in [0.717, 1.165) is 43.1 Å². The molecule has 146 valence electrons. The molecule has 1 aromatic carbocycles. The van der Waals surface area contributed by atoms with Gasteiger partial charge in [-0.1, -0.05) is 0 Å². The number of hydrogen-bond acceptors (Lipinski definition) is 5. The van der Waals surface area contributed by atoms with E-state index in [1.165, 1.54) is 0 Å². The fourth-order valence-corrected chi connectivity index (χ4v) is 3.38. The number of amides is 1. The number of carbonyl (C=O) groups is 1. The Balaban J connectivity index is 0.00000243. The lowest BCUT2D eigenvalue weighted by Gasteiger charge is -2.34. The molecule has 26 heavy (non-hydrogen) atoms. The van der Waals surface area contributed by atoms with Crippen molar-refractivity contribution in [3.05, 3.63) is 23.8 Å². The van der Waals surface area contributed by atoms with Crippen LogP contribution in [0.2, 0.25) is 0 Å². The van der Waals surface area contributed by atoms with Gasteiger partial charge in [-0.3, -0.25) is 4.79 Å². The number of carbonyl (C=O) groups excluding carboxylic acids is 1. The van der Waals surface area contributed by atoms with E-state index in [2.05, 4.69) is 5.32 Å². The molecular formula is C19H29ClN2O4. The van der Waals surface area contributed by atoms with Crippen LogP contribution in [-0.2, 0) is 14.3 Å². The zero-order valence-corrected chi connectivity index (χ0v) is 16.1. The fourth-order valence-electron chi connectivity index (χ4n) is 3.38. The Morgan fingerprint density at radius 3 is 2.50 bits per heavy atom. The zero-order chi connectivity index (χ0) is 17.7. The van der Waals surface area contributed by atoms with E-state index in [9.17, 15) is 4.79 Å². The Hall–Kier alpha value is -1.34. The summed E-state index contributed by atoms with van der Waals surface area (Å²) >= 11 is 0. The molecule has 0 unspecified atom stereocenters. The van der Waals surface area contributed by atoms with E-state index in [-0.39, 0.29) is 24.4 Å². The number of nitrogens with two attached hydrogens (primary N) is 1. The number of aryl methyl sites for hydroxylation is 1. The van der Waals surface area contributed by atoms with Crippen LogP contribution < -0.4 is 15.8 Å². The fraction of sp³-hybridized carbons (Fsp3) is 0.632. The maximum Gasteiger partial charge on any atom is 0.232 e. The summed E-state index contributed by atoms with van der Waals surface area (Å²) in [5.41, 5.74) is 7.17. The van der Waals surface area contributed by atoms with E-state index in [0.29, 0.717) is 32.6 Å². The molecule has 0 atom stereocenters. The molecule has 2 aliphatic heterocycles. The van der Waals surface area contributed by atoms with Crippen molar-refractivity contribution in [3.63, 3.8) is 0 Å². The molecule has 0 radical (unpaired) electrons. The average molecular weight is 385 g/mol. The number of halogens is 1. The summed E-state index contributed by atoms with van der Waals surface area (Å²) in [6.45, 7) is 5.01. The Kier molecular flexibility index (Phi) is 7.70. The largest absolute Gasteiger partial charge is 0.490 e. The van der Waals surface area contributed by atoms with E-state index in [4.69, 9.17) is 19.9 Å². The molecule has 2 heterocycles. The third-order valence-electron chi connectivity index (χ3n) is 5.22. The smallest absolute Gasteiger partial charge is 0.232 e. The summed E-state index contributed by atoms with van der Waals surface area (Å²) in [5.74, 6) is 0.848. The van der Waals surface area contributed by atoms with Gasteiger partial charge in [-0.15, -0.1) is 12.4 Å². The molecule has 1 aromatic rings. The van der Waals surface area contributed by atoms with Crippen molar-refractivity contribution in [3.8, 4) is 5.75 Å². The van der Waals surface area contributed by atoms with Crippen molar-refractivity contribution in [1.29, 1.82) is 0 Å². The van der Waals surface area contributed by atoms with E-state index < -0.39 is 5.41 Å². The average Bonchev–Trinajstić information content (AvgIpc) is 2.65. The zero-order valence-electron chi connectivity index (χ0n) is 15.3. The van der Waals surface area contributed by atoms with E-state index >= 15 is 0 Å². The molecule has 0 aliphatic carbocycles. The summed E-state index contributed by atoms with van der Waals surface area (Å²) in [4.78, 5) is 12.7. The van der Waals surface area contributed by atoms with Crippen molar-refractivity contribution < 1.29 is 19.0 Å². The van der Waals surface area contributed by atoms with Crippen LogP contribution in [0.4, 0.5) is 5.69 Å². The minimum atomic E-state index is -0.524. The lowest BCUT2D eigenvalue weighted by Crippen LogP contribution is -2.46. The highest BCUT2D eigenvalue weighted by molar-refractivity contribution is 5.95. The van der Waals surface area contributed by atoms with Crippen molar-refractivity contribution in [2.45, 2.75) is 38.7 Å². The molecule has 0 aromatic heterocycles. The van der Waals surface area contributed by atoms with Gasteiger partial charge in [0.05, 0.1) is 18.6 Å². The van der Waals surface area contributed by atoms with Crippen LogP contribution in [0.1, 0.15) is 31.2 Å². The molecular weight excluding hydrogens is 356 g/mol. The summed E-state index contributed by atoms with van der Waals surface area (Å²) in [6.07, 6.45) is 3.37. The minimum Gasteiger partial charge on any atom is -0.490 e. The molecule has 0 saturated carbocycles. The Morgan fingerprint density at radius 2 is 1.88 bits per heavy atom. The summed E-state index contributed by atoms with van der Waals surface area (Å²) in [6, 6.07) is 5.78. The van der Waals surface area contributed by atoms with E-state index in [1.54, 1.807) is 0 Å². The molecule has 2 aliphatic rings. The maximum absolute atomic E-state index is 12.7. The quantitative estimate of drug-likeness (QED) is 0.815. The second kappa shape index (κ2) is 9.55. The van der Waals surface area contributed by atoms with Crippen LogP contribution in [0.3, 0.4) is 0 Å². The Morgan fingerprint density at radius 1 is 1.23 bits per heavy atom. The number of rotatable bonds is 5. The highest BCUT2D eigenvalue weighted by atomic mass is 35.5. The highest BCUT2D eigenvalue weighted by Crippen LogP contribution is 2.32. The van der Waals surface area contributed by atoms with Gasteiger partial charge in [-0.2, -0.15) is 0 Å². The van der Waals surface area contributed by atoms with Gasteiger partial charge in [-0.05, 0) is 43.5 Å². The van der Waals surface area contributed by atoms with Crippen LogP contribution in [0.5, 0.6) is 5.75 Å². The lowest BCUT2D eigenvalue weighted by atomic mass is 9.79. The van der Waals surface area contributed by atoms with Gasteiger partial charge in [0, 0.05) is 38.3 Å². The number of hydrogen-bond donors (Lipinski definition) is 2. The highest BCUT2D eigenvalue weighted by Gasteiger charge is 2.38. The first kappa shape index (κ1) is 21.0. The standard InChI is InChI=1S/C19H28N2O4.ClH/c1-14-12-15(2-3-17(14)25-16-4-8-23-9-5-16)21-18(22)19(13-20)6-10-24-11-7-19;/h2-3,12,16H,4-11,13,20H2,1H3,(H,21,22);1H. The molecule has 3 N–H and O–H groups in total. The molecule has 3 rings (SSSR count). The SMILES string of the molecule is Cc1cc(NC(=O)C2(CN)CCOCC2)ccc1OC1CCOCC1.Cl. The number of nitrogens with one attached hydrogen (secondary N) is 1. The van der Waals surface area contributed by atoms with Crippen LogP contribution in [-0.4, -0.2) is 45.0 Å². The summed E-state index contributed by atoms with van der Waals surface area (Å²) < 4.78 is 16.8. The molecule has 2 fully saturated rings. The van der Waals surface area contributed by atoms with Crippen molar-refractivity contribution >= 4 is 24.0 Å². The molecule has 1 amide bonds. The van der Waals surface area contributed by atoms with E-state index in [1.807, 2.05) is 25.1 Å². The third-order valence-corrected chi connectivity index (χ3v) is 5.22. The normalized spacial score (nSPS) is 20.1. The topological polar surface area (TPSA) is 82.8 Å². The molecule has 7 heteroatoms. The van der Waals surface area contributed by atoms with Crippen LogP contribution in [0.15, 0.2) is 18.2 Å².